The number of carbonyl (C=O) groups is 1. The van der Waals surface area contributed by atoms with Crippen LogP contribution in [-0.2, 0) is 11.2 Å². The van der Waals surface area contributed by atoms with E-state index < -0.39 is 5.97 Å². The Morgan fingerprint density at radius 1 is 1.17 bits per heavy atom. The van der Waals surface area contributed by atoms with Crippen molar-refractivity contribution >= 4 is 28.5 Å². The number of benzene rings is 2. The molecule has 5 rings (SSSR count). The summed E-state index contributed by atoms with van der Waals surface area (Å²) in [5, 5.41) is 9.52. The zero-order chi connectivity index (χ0) is 19.8. The number of fused-ring (bicyclic) bond motifs is 3. The molecule has 6 heteroatoms. The molecule has 2 aromatic carbocycles. The van der Waals surface area contributed by atoms with Gasteiger partial charge in [-0.2, -0.15) is 5.26 Å². The first-order valence-electron chi connectivity index (χ1n) is 9.31. The number of hydrogen-bond acceptors (Lipinski definition) is 6. The van der Waals surface area contributed by atoms with Crippen molar-refractivity contribution in [1.29, 1.82) is 5.26 Å². The molecule has 0 saturated carbocycles. The van der Waals surface area contributed by atoms with Crippen LogP contribution in [0.3, 0.4) is 0 Å². The van der Waals surface area contributed by atoms with Crippen LogP contribution in [0.2, 0.25) is 0 Å². The van der Waals surface area contributed by atoms with E-state index in [0.717, 1.165) is 51.2 Å². The Bertz CT molecular complexity index is 1220. The lowest BCUT2D eigenvalue weighted by molar-refractivity contribution is 0.0556. The van der Waals surface area contributed by atoms with Crippen LogP contribution >= 0.6 is 0 Å². The minimum Gasteiger partial charge on any atom is -0.454 e. The number of ether oxygens (including phenoxy) is 3. The van der Waals surface area contributed by atoms with Crippen LogP contribution < -0.4 is 9.47 Å². The highest BCUT2D eigenvalue weighted by Crippen LogP contribution is 2.39. The second kappa shape index (κ2) is 6.95. The van der Waals surface area contributed by atoms with Gasteiger partial charge in [0.25, 0.3) is 0 Å². The Morgan fingerprint density at radius 2 is 2.03 bits per heavy atom. The molecule has 0 bridgehead atoms. The number of esters is 1. The van der Waals surface area contributed by atoms with E-state index in [2.05, 4.69) is 6.08 Å². The predicted molar refractivity (Wildman–Crippen MR) is 106 cm³/mol. The minimum atomic E-state index is -0.481. The van der Waals surface area contributed by atoms with Gasteiger partial charge in [-0.1, -0.05) is 24.3 Å². The lowest BCUT2D eigenvalue weighted by atomic mass is 10.0. The number of pyridine rings is 1. The molecule has 1 aliphatic carbocycles. The maximum atomic E-state index is 12.7. The number of hydrogen-bond donors (Lipinski definition) is 0. The third kappa shape index (κ3) is 2.97. The lowest BCUT2D eigenvalue weighted by Gasteiger charge is -2.11. The quantitative estimate of drug-likeness (QED) is 0.632. The first-order valence-corrected chi connectivity index (χ1v) is 9.31. The standard InChI is InChI=1S/C23H16N2O4/c24-9-10-27-23(26)21-16-3-1-2-4-18(16)25-22-15(6-7-17(21)22)11-14-5-8-19-20(12-14)29-13-28-19/h1-5,8,11-12H,6-7,10,13H2. The average Bonchev–Trinajstić information content (AvgIpc) is 3.37. The van der Waals surface area contributed by atoms with Crippen molar-refractivity contribution in [1.82, 2.24) is 4.98 Å². The van der Waals surface area contributed by atoms with E-state index in [4.69, 9.17) is 24.5 Å². The van der Waals surface area contributed by atoms with Gasteiger partial charge in [0.1, 0.15) is 6.07 Å². The topological polar surface area (TPSA) is 81.4 Å². The molecule has 142 valence electrons. The van der Waals surface area contributed by atoms with Crippen LogP contribution in [0.1, 0.15) is 33.6 Å². The van der Waals surface area contributed by atoms with E-state index in [-0.39, 0.29) is 13.4 Å². The molecule has 0 spiro atoms. The molecule has 0 fully saturated rings. The van der Waals surface area contributed by atoms with E-state index in [0.29, 0.717) is 12.0 Å². The maximum absolute atomic E-state index is 12.7. The van der Waals surface area contributed by atoms with Crippen LogP contribution in [0, 0.1) is 11.3 Å². The molecule has 0 unspecified atom stereocenters. The average molecular weight is 384 g/mol. The molecule has 29 heavy (non-hydrogen) atoms. The van der Waals surface area contributed by atoms with Crippen LogP contribution in [0.25, 0.3) is 22.6 Å². The van der Waals surface area contributed by atoms with E-state index >= 15 is 0 Å². The number of para-hydroxylation sites is 1. The van der Waals surface area contributed by atoms with Gasteiger partial charge < -0.3 is 14.2 Å². The molecule has 1 aliphatic heterocycles. The third-order valence-corrected chi connectivity index (χ3v) is 5.15. The second-order valence-corrected chi connectivity index (χ2v) is 6.85. The fraction of sp³-hybridized carbons (Fsp3) is 0.174. The Kier molecular flexibility index (Phi) is 4.14. The molecule has 3 aromatic rings. The fourth-order valence-corrected chi connectivity index (χ4v) is 3.89. The highest BCUT2D eigenvalue weighted by Gasteiger charge is 2.27. The van der Waals surface area contributed by atoms with E-state index in [9.17, 15) is 4.79 Å². The molecule has 1 aromatic heterocycles. The molecule has 0 radical (unpaired) electrons. The molecular weight excluding hydrogens is 368 g/mol. The van der Waals surface area contributed by atoms with E-state index in [1.807, 2.05) is 48.5 Å². The fourth-order valence-electron chi connectivity index (χ4n) is 3.89. The van der Waals surface area contributed by atoms with Crippen molar-refractivity contribution in [3.8, 4) is 17.6 Å². The van der Waals surface area contributed by atoms with Gasteiger partial charge in [-0.25, -0.2) is 9.78 Å². The molecule has 2 aliphatic rings. The van der Waals surface area contributed by atoms with Crippen molar-refractivity contribution < 1.29 is 19.0 Å². The summed E-state index contributed by atoms with van der Waals surface area (Å²) in [7, 11) is 0. The van der Waals surface area contributed by atoms with Crippen LogP contribution in [0.4, 0.5) is 0 Å². The van der Waals surface area contributed by atoms with Crippen molar-refractivity contribution in [3.63, 3.8) is 0 Å². The molecule has 6 nitrogen and oxygen atoms in total. The van der Waals surface area contributed by atoms with Gasteiger partial charge in [0.2, 0.25) is 6.79 Å². The largest absolute Gasteiger partial charge is 0.454 e. The SMILES string of the molecule is N#CCOC(=O)c1c2c(nc3ccccc13)C(=Cc1ccc3c(c1)OCO3)CC2. The Morgan fingerprint density at radius 3 is 2.93 bits per heavy atom. The zero-order valence-corrected chi connectivity index (χ0v) is 15.5. The summed E-state index contributed by atoms with van der Waals surface area (Å²) in [5.74, 6) is 0.987. The van der Waals surface area contributed by atoms with Crippen LogP contribution in [-0.4, -0.2) is 24.4 Å². The van der Waals surface area contributed by atoms with Gasteiger partial charge >= 0.3 is 5.97 Å². The van der Waals surface area contributed by atoms with Crippen molar-refractivity contribution in [2.45, 2.75) is 12.8 Å². The first-order chi connectivity index (χ1) is 14.2. The normalized spacial score (nSPS) is 15.3. The second-order valence-electron chi connectivity index (χ2n) is 6.85. The van der Waals surface area contributed by atoms with E-state index in [1.165, 1.54) is 0 Å². The molecule has 0 saturated heterocycles. The van der Waals surface area contributed by atoms with Crippen molar-refractivity contribution in [3.05, 3.63) is 64.8 Å². The number of nitriles is 1. The summed E-state index contributed by atoms with van der Waals surface area (Å²) in [5.41, 5.74) is 4.96. The Balaban J connectivity index is 1.63. The number of carbonyl (C=O) groups excluding carboxylic acids is 1. The lowest BCUT2D eigenvalue weighted by Crippen LogP contribution is -2.10. The van der Waals surface area contributed by atoms with Gasteiger partial charge in [-0.3, -0.25) is 0 Å². The van der Waals surface area contributed by atoms with Crippen molar-refractivity contribution in [2.24, 2.45) is 0 Å². The molecular formula is C23H16N2O4. The summed E-state index contributed by atoms with van der Waals surface area (Å²) >= 11 is 0. The summed E-state index contributed by atoms with van der Waals surface area (Å²) in [4.78, 5) is 17.6. The molecule has 0 amide bonds. The maximum Gasteiger partial charge on any atom is 0.340 e. The predicted octanol–water partition coefficient (Wildman–Crippen LogP) is 4.13. The third-order valence-electron chi connectivity index (χ3n) is 5.15. The zero-order valence-electron chi connectivity index (χ0n) is 15.5. The van der Waals surface area contributed by atoms with Gasteiger partial charge in [0, 0.05) is 5.39 Å². The van der Waals surface area contributed by atoms with Crippen LogP contribution in [0.5, 0.6) is 11.5 Å². The number of allylic oxidation sites excluding steroid dienone is 1. The Hall–Kier alpha value is -3.85. The smallest absolute Gasteiger partial charge is 0.340 e. The number of aromatic nitrogens is 1. The number of nitrogens with zero attached hydrogens (tertiary/aromatic N) is 2. The molecule has 2 heterocycles. The van der Waals surface area contributed by atoms with Gasteiger partial charge in [-0.05, 0) is 53.8 Å². The van der Waals surface area contributed by atoms with Crippen molar-refractivity contribution in [2.75, 3.05) is 13.4 Å². The van der Waals surface area contributed by atoms with Gasteiger partial charge in [-0.15, -0.1) is 0 Å². The monoisotopic (exact) mass is 384 g/mol. The highest BCUT2D eigenvalue weighted by molar-refractivity contribution is 6.07. The summed E-state index contributed by atoms with van der Waals surface area (Å²) in [6, 6.07) is 15.2. The Labute approximate surface area is 167 Å². The van der Waals surface area contributed by atoms with Gasteiger partial charge in [0.05, 0.1) is 16.8 Å². The summed E-state index contributed by atoms with van der Waals surface area (Å²) in [6.07, 6.45) is 3.53. The van der Waals surface area contributed by atoms with Gasteiger partial charge in [0.15, 0.2) is 18.1 Å². The molecule has 0 N–H and O–H groups in total. The molecule has 0 atom stereocenters. The van der Waals surface area contributed by atoms with Crippen LogP contribution in [0.15, 0.2) is 42.5 Å². The number of rotatable bonds is 3. The first kappa shape index (κ1) is 17.3. The summed E-state index contributed by atoms with van der Waals surface area (Å²) in [6.45, 7) is -0.0376. The summed E-state index contributed by atoms with van der Waals surface area (Å²) < 4.78 is 16.0. The minimum absolute atomic E-state index is 0.236. The van der Waals surface area contributed by atoms with E-state index in [1.54, 1.807) is 0 Å². The highest BCUT2D eigenvalue weighted by atomic mass is 16.7.